The number of nitro benzene ring substituents is 1. The van der Waals surface area contributed by atoms with E-state index < -0.39 is 17.0 Å². The number of hydrogen-bond donors (Lipinski definition) is 0. The van der Waals surface area contributed by atoms with Gasteiger partial charge in [0.05, 0.1) is 4.92 Å². The second-order valence-electron chi connectivity index (χ2n) is 5.16. The van der Waals surface area contributed by atoms with Gasteiger partial charge in [-0.15, -0.1) is 10.2 Å². The van der Waals surface area contributed by atoms with Crippen LogP contribution in [-0.2, 0) is 4.74 Å². The standard InChI is InChI=1S/C16H11ClN4O5/c1-9(25-16(22)13-8-11(17)6-7-18-13)14-19-20-15(26-14)10-2-4-12(5-3-10)21(23)24/h2-9H,1H3/t9-/m1/s1. The number of pyridine rings is 1. The number of carbonyl (C=O) groups excluding carboxylic acids is 1. The van der Waals surface area contributed by atoms with Gasteiger partial charge in [0.1, 0.15) is 5.69 Å². The highest BCUT2D eigenvalue weighted by atomic mass is 35.5. The van der Waals surface area contributed by atoms with E-state index in [0.29, 0.717) is 10.6 Å². The predicted molar refractivity (Wildman–Crippen MR) is 89.5 cm³/mol. The van der Waals surface area contributed by atoms with Crippen molar-refractivity contribution in [1.82, 2.24) is 15.2 Å². The summed E-state index contributed by atoms with van der Waals surface area (Å²) in [4.78, 5) is 26.1. The Morgan fingerprint density at radius 2 is 2.00 bits per heavy atom. The quantitative estimate of drug-likeness (QED) is 0.377. The molecule has 0 N–H and O–H groups in total. The summed E-state index contributed by atoms with van der Waals surface area (Å²) in [5.74, 6) is -0.456. The summed E-state index contributed by atoms with van der Waals surface area (Å²) < 4.78 is 10.7. The van der Waals surface area contributed by atoms with E-state index in [1.807, 2.05) is 0 Å². The third-order valence-electron chi connectivity index (χ3n) is 3.33. The largest absolute Gasteiger partial charge is 0.448 e. The molecule has 10 heteroatoms. The lowest BCUT2D eigenvalue weighted by molar-refractivity contribution is -0.384. The van der Waals surface area contributed by atoms with Crippen molar-refractivity contribution in [2.24, 2.45) is 0 Å². The van der Waals surface area contributed by atoms with Gasteiger partial charge in [-0.1, -0.05) is 11.6 Å². The molecule has 2 heterocycles. The van der Waals surface area contributed by atoms with Gasteiger partial charge in [-0.05, 0) is 31.2 Å². The van der Waals surface area contributed by atoms with Crippen molar-refractivity contribution in [2.45, 2.75) is 13.0 Å². The van der Waals surface area contributed by atoms with Crippen LogP contribution in [0.1, 0.15) is 29.4 Å². The van der Waals surface area contributed by atoms with Gasteiger partial charge >= 0.3 is 5.97 Å². The van der Waals surface area contributed by atoms with Gasteiger partial charge in [-0.3, -0.25) is 10.1 Å². The number of rotatable bonds is 5. The Labute approximate surface area is 151 Å². The Bertz CT molecular complexity index is 957. The molecule has 9 nitrogen and oxygen atoms in total. The summed E-state index contributed by atoms with van der Waals surface area (Å²) in [6.07, 6.45) is 0.575. The first-order valence-electron chi connectivity index (χ1n) is 7.35. The molecule has 0 saturated carbocycles. The highest BCUT2D eigenvalue weighted by molar-refractivity contribution is 6.30. The monoisotopic (exact) mass is 374 g/mol. The van der Waals surface area contributed by atoms with Crippen LogP contribution in [0.4, 0.5) is 5.69 Å². The first-order valence-corrected chi connectivity index (χ1v) is 7.72. The molecular formula is C16H11ClN4O5. The molecule has 3 rings (SSSR count). The van der Waals surface area contributed by atoms with Gasteiger partial charge in [0.25, 0.3) is 11.6 Å². The van der Waals surface area contributed by atoms with Crippen molar-refractivity contribution in [3.05, 3.63) is 69.3 Å². The molecule has 0 radical (unpaired) electrons. The van der Waals surface area contributed by atoms with Crippen molar-refractivity contribution < 1.29 is 18.9 Å². The zero-order valence-electron chi connectivity index (χ0n) is 13.3. The number of nitrogens with zero attached hydrogens (tertiary/aromatic N) is 4. The molecule has 0 saturated heterocycles. The molecule has 0 bridgehead atoms. The van der Waals surface area contributed by atoms with Crippen LogP contribution in [0.25, 0.3) is 11.5 Å². The number of non-ortho nitro benzene ring substituents is 1. The normalized spacial score (nSPS) is 11.8. The van der Waals surface area contributed by atoms with Crippen LogP contribution in [-0.4, -0.2) is 26.1 Å². The number of nitro groups is 1. The number of benzene rings is 1. The minimum atomic E-state index is -0.817. The molecule has 0 unspecified atom stereocenters. The minimum Gasteiger partial charge on any atom is -0.448 e. The number of aromatic nitrogens is 3. The average molecular weight is 375 g/mol. The van der Waals surface area contributed by atoms with E-state index >= 15 is 0 Å². The lowest BCUT2D eigenvalue weighted by atomic mass is 10.2. The van der Waals surface area contributed by atoms with Crippen LogP contribution in [0.5, 0.6) is 0 Å². The third-order valence-corrected chi connectivity index (χ3v) is 3.56. The molecule has 2 aromatic heterocycles. The maximum Gasteiger partial charge on any atom is 0.357 e. The van der Waals surface area contributed by atoms with Gasteiger partial charge in [0.2, 0.25) is 5.89 Å². The first kappa shape index (κ1) is 17.5. The van der Waals surface area contributed by atoms with Crippen LogP contribution in [0, 0.1) is 10.1 Å². The fourth-order valence-electron chi connectivity index (χ4n) is 2.03. The molecule has 0 spiro atoms. The van der Waals surface area contributed by atoms with Crippen molar-refractivity contribution in [1.29, 1.82) is 0 Å². The van der Waals surface area contributed by atoms with Gasteiger partial charge in [-0.25, -0.2) is 9.78 Å². The average Bonchev–Trinajstić information content (AvgIpc) is 3.12. The van der Waals surface area contributed by atoms with Crippen molar-refractivity contribution >= 4 is 23.3 Å². The maximum atomic E-state index is 12.1. The van der Waals surface area contributed by atoms with Crippen LogP contribution in [0.2, 0.25) is 5.02 Å². The lowest BCUT2D eigenvalue weighted by Crippen LogP contribution is -2.11. The van der Waals surface area contributed by atoms with Crippen molar-refractivity contribution in [3.8, 4) is 11.5 Å². The fraction of sp³-hybridized carbons (Fsp3) is 0.125. The maximum absolute atomic E-state index is 12.1. The van der Waals surface area contributed by atoms with E-state index in [4.69, 9.17) is 20.8 Å². The number of ether oxygens (including phenoxy) is 1. The topological polar surface area (TPSA) is 121 Å². The molecule has 1 atom stereocenters. The molecule has 0 amide bonds. The molecule has 132 valence electrons. The highest BCUT2D eigenvalue weighted by Crippen LogP contribution is 2.24. The Kier molecular flexibility index (Phi) is 4.90. The molecule has 1 aromatic carbocycles. The fourth-order valence-corrected chi connectivity index (χ4v) is 2.19. The van der Waals surface area contributed by atoms with Crippen molar-refractivity contribution in [3.63, 3.8) is 0 Å². The number of carbonyl (C=O) groups is 1. The summed E-state index contributed by atoms with van der Waals surface area (Å²) in [6.45, 7) is 1.57. The SMILES string of the molecule is C[C@@H](OC(=O)c1cc(Cl)ccn1)c1nnc(-c2ccc([N+](=O)[O-])cc2)o1. The molecule has 0 aliphatic heterocycles. The Hall–Kier alpha value is -3.33. The van der Waals surface area contributed by atoms with Crippen LogP contribution < -0.4 is 0 Å². The summed E-state index contributed by atoms with van der Waals surface area (Å²) in [6, 6.07) is 8.55. The molecule has 0 aliphatic carbocycles. The lowest BCUT2D eigenvalue weighted by Gasteiger charge is -2.08. The predicted octanol–water partition coefficient (Wildman–Crippen LogP) is 3.61. The molecule has 0 fully saturated rings. The minimum absolute atomic E-state index is 0.0511. The van der Waals surface area contributed by atoms with Gasteiger partial charge in [0, 0.05) is 28.9 Å². The Morgan fingerprint density at radius 3 is 2.65 bits per heavy atom. The number of halogens is 1. The van der Waals surface area contributed by atoms with E-state index in [1.54, 1.807) is 6.92 Å². The van der Waals surface area contributed by atoms with E-state index in [1.165, 1.54) is 42.6 Å². The summed E-state index contributed by atoms with van der Waals surface area (Å²) in [5.41, 5.74) is 0.508. The summed E-state index contributed by atoms with van der Waals surface area (Å²) in [7, 11) is 0. The second kappa shape index (κ2) is 7.28. The summed E-state index contributed by atoms with van der Waals surface area (Å²) in [5, 5.41) is 18.7. The first-order chi connectivity index (χ1) is 12.4. The molecule has 3 aromatic rings. The molecule has 0 aliphatic rings. The van der Waals surface area contributed by atoms with Crippen LogP contribution >= 0.6 is 11.6 Å². The third kappa shape index (κ3) is 3.83. The Balaban J connectivity index is 1.72. The van der Waals surface area contributed by atoms with E-state index in [9.17, 15) is 14.9 Å². The second-order valence-corrected chi connectivity index (χ2v) is 5.59. The van der Waals surface area contributed by atoms with E-state index in [2.05, 4.69) is 15.2 Å². The smallest absolute Gasteiger partial charge is 0.357 e. The van der Waals surface area contributed by atoms with Crippen LogP contribution in [0.15, 0.2) is 47.0 Å². The Morgan fingerprint density at radius 1 is 1.27 bits per heavy atom. The zero-order valence-corrected chi connectivity index (χ0v) is 14.1. The highest BCUT2D eigenvalue weighted by Gasteiger charge is 2.21. The van der Waals surface area contributed by atoms with Gasteiger partial charge < -0.3 is 9.15 Å². The van der Waals surface area contributed by atoms with E-state index in [0.717, 1.165) is 0 Å². The molecule has 26 heavy (non-hydrogen) atoms. The van der Waals surface area contributed by atoms with E-state index in [-0.39, 0.29) is 23.2 Å². The van der Waals surface area contributed by atoms with Gasteiger partial charge in [0.15, 0.2) is 6.10 Å². The van der Waals surface area contributed by atoms with Gasteiger partial charge in [-0.2, -0.15) is 0 Å². The zero-order chi connectivity index (χ0) is 18.7. The summed E-state index contributed by atoms with van der Waals surface area (Å²) >= 11 is 5.81. The van der Waals surface area contributed by atoms with Crippen LogP contribution in [0.3, 0.4) is 0 Å². The molecular weight excluding hydrogens is 364 g/mol. The number of esters is 1. The van der Waals surface area contributed by atoms with Crippen molar-refractivity contribution in [2.75, 3.05) is 0 Å². The number of hydrogen-bond acceptors (Lipinski definition) is 8.